The van der Waals surface area contributed by atoms with Crippen molar-refractivity contribution in [2.24, 2.45) is 0 Å². The lowest BCUT2D eigenvalue weighted by Crippen LogP contribution is -2.24. The van der Waals surface area contributed by atoms with Gasteiger partial charge in [0.15, 0.2) is 0 Å². The van der Waals surface area contributed by atoms with Crippen LogP contribution in [0.1, 0.15) is 16.2 Å². The summed E-state index contributed by atoms with van der Waals surface area (Å²) in [4.78, 5) is 27.7. The third-order valence-electron chi connectivity index (χ3n) is 3.30. The molecule has 0 bridgehead atoms. The number of nitrogens with zero attached hydrogens (tertiary/aromatic N) is 2. The minimum Gasteiger partial charge on any atom is -0.545 e. The average Bonchev–Trinajstić information content (AvgIpc) is 2.48. The van der Waals surface area contributed by atoms with Crippen molar-refractivity contribution in [1.29, 1.82) is 0 Å². The van der Waals surface area contributed by atoms with E-state index in [4.69, 9.17) is 0 Å². The summed E-state index contributed by atoms with van der Waals surface area (Å²) in [7, 11) is 0. The van der Waals surface area contributed by atoms with Gasteiger partial charge in [-0.25, -0.2) is 4.98 Å². The molecule has 5 heteroatoms. The zero-order valence-corrected chi connectivity index (χ0v) is 11.2. The molecule has 1 aromatic heterocycles. The minimum atomic E-state index is -1.25. The Morgan fingerprint density at radius 3 is 2.43 bits per heavy atom. The molecule has 2 aromatic carbocycles. The number of rotatable bonds is 2. The van der Waals surface area contributed by atoms with Gasteiger partial charge in [0.05, 0.1) is 22.6 Å². The number of aryl methyl sites for hydroxylation is 1. The Hall–Kier alpha value is -2.95. The zero-order chi connectivity index (χ0) is 15.0. The van der Waals surface area contributed by atoms with Crippen LogP contribution in [0, 0.1) is 6.92 Å². The Morgan fingerprint density at radius 2 is 1.76 bits per heavy atom. The minimum absolute atomic E-state index is 0.0678. The largest absolute Gasteiger partial charge is 0.545 e. The van der Waals surface area contributed by atoms with Crippen LogP contribution in [0.4, 0.5) is 0 Å². The second-order valence-corrected chi connectivity index (χ2v) is 4.65. The van der Waals surface area contributed by atoms with E-state index in [0.29, 0.717) is 22.4 Å². The Labute approximate surface area is 120 Å². The molecule has 0 N–H and O–H groups in total. The second kappa shape index (κ2) is 4.86. The van der Waals surface area contributed by atoms with Gasteiger partial charge in [0.25, 0.3) is 5.56 Å². The van der Waals surface area contributed by atoms with Crippen molar-refractivity contribution in [1.82, 2.24) is 9.55 Å². The van der Waals surface area contributed by atoms with Crippen molar-refractivity contribution in [3.63, 3.8) is 0 Å². The van der Waals surface area contributed by atoms with Crippen molar-refractivity contribution in [2.75, 3.05) is 0 Å². The molecular formula is C16H11N2O3-. The molecule has 0 aliphatic carbocycles. The Balaban J connectivity index is 2.25. The molecule has 0 aliphatic heterocycles. The number of benzene rings is 2. The third kappa shape index (κ3) is 2.18. The molecule has 3 aromatic rings. The maximum absolute atomic E-state index is 12.6. The summed E-state index contributed by atoms with van der Waals surface area (Å²) < 4.78 is 1.46. The van der Waals surface area contributed by atoms with Crippen molar-refractivity contribution >= 4 is 16.9 Å². The normalized spacial score (nSPS) is 10.7. The highest BCUT2D eigenvalue weighted by Crippen LogP contribution is 2.13. The van der Waals surface area contributed by atoms with E-state index >= 15 is 0 Å². The summed E-state index contributed by atoms with van der Waals surface area (Å²) in [6.45, 7) is 1.74. The third-order valence-corrected chi connectivity index (χ3v) is 3.30. The summed E-state index contributed by atoms with van der Waals surface area (Å²) in [6, 6.07) is 13.1. The Bertz CT molecular complexity index is 896. The number of carboxylic acids is 1. The summed E-state index contributed by atoms with van der Waals surface area (Å²) in [5, 5.41) is 11.3. The summed E-state index contributed by atoms with van der Waals surface area (Å²) in [6.07, 6.45) is 0. The Kier molecular flexibility index (Phi) is 3.02. The van der Waals surface area contributed by atoms with E-state index in [9.17, 15) is 14.7 Å². The van der Waals surface area contributed by atoms with Crippen molar-refractivity contribution in [3.8, 4) is 5.69 Å². The summed E-state index contributed by atoms with van der Waals surface area (Å²) in [5.74, 6) is -0.706. The number of hydrogen-bond donors (Lipinski definition) is 0. The van der Waals surface area contributed by atoms with E-state index in [0.717, 1.165) is 0 Å². The topological polar surface area (TPSA) is 75.0 Å². The first-order valence-electron chi connectivity index (χ1n) is 6.38. The van der Waals surface area contributed by atoms with Crippen LogP contribution in [-0.4, -0.2) is 15.5 Å². The number of aromatic carboxylic acids is 1. The number of fused-ring (bicyclic) bond motifs is 1. The first-order valence-corrected chi connectivity index (χ1v) is 6.38. The maximum atomic E-state index is 12.6. The van der Waals surface area contributed by atoms with Crippen LogP contribution in [0.3, 0.4) is 0 Å². The molecule has 104 valence electrons. The maximum Gasteiger partial charge on any atom is 0.265 e. The van der Waals surface area contributed by atoms with Gasteiger partial charge in [0.2, 0.25) is 0 Å². The van der Waals surface area contributed by atoms with Crippen molar-refractivity contribution in [2.45, 2.75) is 6.92 Å². The van der Waals surface area contributed by atoms with Gasteiger partial charge in [-0.3, -0.25) is 9.36 Å². The Morgan fingerprint density at radius 1 is 1.10 bits per heavy atom. The number of hydrogen-bond acceptors (Lipinski definition) is 4. The SMILES string of the molecule is Cc1nc2ccccc2c(=O)n1-c1ccc(C(=O)[O-])cc1. The van der Waals surface area contributed by atoms with Crippen LogP contribution >= 0.6 is 0 Å². The fourth-order valence-corrected chi connectivity index (χ4v) is 2.29. The first-order chi connectivity index (χ1) is 10.1. The van der Waals surface area contributed by atoms with Gasteiger partial charge in [0.1, 0.15) is 5.82 Å². The highest BCUT2D eigenvalue weighted by atomic mass is 16.4. The van der Waals surface area contributed by atoms with Gasteiger partial charge in [-0.05, 0) is 36.8 Å². The molecule has 0 atom stereocenters. The van der Waals surface area contributed by atoms with Gasteiger partial charge in [-0.2, -0.15) is 0 Å². The van der Waals surface area contributed by atoms with Gasteiger partial charge < -0.3 is 9.90 Å². The molecule has 0 saturated carbocycles. The van der Waals surface area contributed by atoms with Crippen LogP contribution in [0.2, 0.25) is 0 Å². The predicted molar refractivity (Wildman–Crippen MR) is 76.4 cm³/mol. The van der Waals surface area contributed by atoms with Crippen LogP contribution in [-0.2, 0) is 0 Å². The van der Waals surface area contributed by atoms with E-state index in [1.165, 1.54) is 16.7 Å². The van der Waals surface area contributed by atoms with Gasteiger partial charge in [-0.1, -0.05) is 24.3 Å². The molecule has 5 nitrogen and oxygen atoms in total. The number of carbonyl (C=O) groups excluding carboxylic acids is 1. The zero-order valence-electron chi connectivity index (χ0n) is 11.2. The molecule has 21 heavy (non-hydrogen) atoms. The summed E-state index contributed by atoms with van der Waals surface area (Å²) in [5.41, 5.74) is 1.10. The fourth-order valence-electron chi connectivity index (χ4n) is 2.29. The highest BCUT2D eigenvalue weighted by Gasteiger charge is 2.09. The molecule has 0 radical (unpaired) electrons. The lowest BCUT2D eigenvalue weighted by Gasteiger charge is -2.11. The fraction of sp³-hybridized carbons (Fsp3) is 0.0625. The predicted octanol–water partition coefficient (Wildman–Crippen LogP) is 1.06. The monoisotopic (exact) mass is 279 g/mol. The number of carboxylic acid groups (broad SMARTS) is 1. The van der Waals surface area contributed by atoms with E-state index in [1.807, 2.05) is 6.07 Å². The van der Waals surface area contributed by atoms with E-state index in [1.54, 1.807) is 37.3 Å². The molecule has 0 saturated heterocycles. The average molecular weight is 279 g/mol. The number of carbonyl (C=O) groups is 1. The van der Waals surface area contributed by atoms with Gasteiger partial charge in [-0.15, -0.1) is 0 Å². The molecule has 0 fully saturated rings. The van der Waals surface area contributed by atoms with Crippen LogP contribution in [0.25, 0.3) is 16.6 Å². The smallest absolute Gasteiger partial charge is 0.265 e. The lowest BCUT2D eigenvalue weighted by molar-refractivity contribution is -0.255. The summed E-state index contributed by atoms with van der Waals surface area (Å²) >= 11 is 0. The van der Waals surface area contributed by atoms with Crippen LogP contribution < -0.4 is 10.7 Å². The molecule has 1 heterocycles. The lowest BCUT2D eigenvalue weighted by atomic mass is 10.2. The van der Waals surface area contributed by atoms with Crippen molar-refractivity contribution < 1.29 is 9.90 Å². The molecular weight excluding hydrogens is 268 g/mol. The van der Waals surface area contributed by atoms with E-state index in [2.05, 4.69) is 4.98 Å². The standard InChI is InChI=1S/C16H12N2O3/c1-10-17-14-5-3-2-4-13(14)15(19)18(10)12-8-6-11(7-9-12)16(20)21/h2-9H,1H3,(H,20,21)/p-1. The van der Waals surface area contributed by atoms with Crippen LogP contribution in [0.15, 0.2) is 53.3 Å². The molecule has 0 spiro atoms. The van der Waals surface area contributed by atoms with Crippen molar-refractivity contribution in [3.05, 3.63) is 70.3 Å². The van der Waals surface area contributed by atoms with E-state index in [-0.39, 0.29) is 11.1 Å². The van der Waals surface area contributed by atoms with E-state index < -0.39 is 5.97 Å². The molecule has 3 rings (SSSR count). The highest BCUT2D eigenvalue weighted by molar-refractivity contribution is 5.86. The molecule has 0 amide bonds. The number of para-hydroxylation sites is 1. The van der Waals surface area contributed by atoms with Gasteiger partial charge in [0, 0.05) is 0 Å². The second-order valence-electron chi connectivity index (χ2n) is 4.65. The van der Waals surface area contributed by atoms with Gasteiger partial charge >= 0.3 is 0 Å². The number of aromatic nitrogens is 2. The van der Waals surface area contributed by atoms with Crippen LogP contribution in [0.5, 0.6) is 0 Å². The molecule has 0 unspecified atom stereocenters. The quantitative estimate of drug-likeness (QED) is 0.703. The first kappa shape index (κ1) is 13.1. The molecule has 0 aliphatic rings.